The van der Waals surface area contributed by atoms with Gasteiger partial charge in [-0.25, -0.2) is 4.79 Å². The van der Waals surface area contributed by atoms with E-state index >= 15 is 0 Å². The molecule has 3 nitrogen and oxygen atoms in total. The van der Waals surface area contributed by atoms with E-state index in [1.807, 2.05) is 43.1 Å². The highest BCUT2D eigenvalue weighted by Gasteiger charge is 2.25. The van der Waals surface area contributed by atoms with Gasteiger partial charge in [-0.3, -0.25) is 0 Å². The number of hydrogen-bond acceptors (Lipinski definition) is 4. The van der Waals surface area contributed by atoms with Gasteiger partial charge in [-0.1, -0.05) is 23.9 Å². The van der Waals surface area contributed by atoms with E-state index in [-0.39, 0.29) is 5.97 Å². The monoisotopic (exact) mass is 235 g/mol. The second-order valence-electron chi connectivity index (χ2n) is 3.53. The number of esters is 1. The minimum atomic E-state index is -0.274. The summed E-state index contributed by atoms with van der Waals surface area (Å²) in [7, 11) is 3.36. The van der Waals surface area contributed by atoms with Crippen LogP contribution in [0.5, 0.6) is 0 Å². The first kappa shape index (κ1) is 11.1. The Hall–Kier alpha value is -1.42. The number of allylic oxidation sites excluding steroid dienone is 1. The topological polar surface area (TPSA) is 29.5 Å². The van der Waals surface area contributed by atoms with Crippen LogP contribution in [0.15, 0.2) is 39.8 Å². The number of methoxy groups -OCH3 is 1. The van der Waals surface area contributed by atoms with Crippen LogP contribution in [-0.4, -0.2) is 20.1 Å². The summed E-state index contributed by atoms with van der Waals surface area (Å²) in [6.45, 7) is 1.93. The second kappa shape index (κ2) is 4.22. The summed E-state index contributed by atoms with van der Waals surface area (Å²) in [5, 5.41) is 0. The largest absolute Gasteiger partial charge is 0.465 e. The molecular weight excluding hydrogens is 222 g/mol. The molecule has 0 amide bonds. The number of carbonyl (C=O) groups excluding carboxylic acids is 1. The first-order chi connectivity index (χ1) is 7.65. The standard InChI is InChI=1S/C12H13NO2S/c1-8-11(12(14)15-3)16-10-7-5-4-6-9(10)13(8)2/h4-7H,1-3H3. The van der Waals surface area contributed by atoms with Crippen LogP contribution >= 0.6 is 11.8 Å². The van der Waals surface area contributed by atoms with Crippen LogP contribution in [0.3, 0.4) is 0 Å². The summed E-state index contributed by atoms with van der Waals surface area (Å²) in [5.74, 6) is -0.274. The lowest BCUT2D eigenvalue weighted by atomic mass is 10.2. The Labute approximate surface area is 99.1 Å². The van der Waals surface area contributed by atoms with E-state index in [9.17, 15) is 4.79 Å². The normalized spacial score (nSPS) is 14.8. The molecule has 0 saturated heterocycles. The Morgan fingerprint density at radius 3 is 2.75 bits per heavy atom. The maximum atomic E-state index is 11.6. The van der Waals surface area contributed by atoms with E-state index in [1.165, 1.54) is 18.9 Å². The number of thioether (sulfide) groups is 1. The quantitative estimate of drug-likeness (QED) is 0.700. The number of anilines is 1. The predicted octanol–water partition coefficient (Wildman–Crippen LogP) is 2.63. The van der Waals surface area contributed by atoms with Crippen molar-refractivity contribution in [3.8, 4) is 0 Å². The second-order valence-corrected chi connectivity index (χ2v) is 4.59. The molecular formula is C12H13NO2S. The average molecular weight is 235 g/mol. The van der Waals surface area contributed by atoms with Crippen LogP contribution in [0.1, 0.15) is 6.92 Å². The van der Waals surface area contributed by atoms with Gasteiger partial charge in [0.15, 0.2) is 0 Å². The highest BCUT2D eigenvalue weighted by atomic mass is 32.2. The predicted molar refractivity (Wildman–Crippen MR) is 65.4 cm³/mol. The molecule has 0 unspecified atom stereocenters. The van der Waals surface area contributed by atoms with E-state index in [1.54, 1.807) is 0 Å². The van der Waals surface area contributed by atoms with Crippen LogP contribution in [-0.2, 0) is 9.53 Å². The Balaban J connectivity index is 2.46. The minimum Gasteiger partial charge on any atom is -0.465 e. The van der Waals surface area contributed by atoms with Crippen molar-refractivity contribution in [1.82, 2.24) is 0 Å². The summed E-state index contributed by atoms with van der Waals surface area (Å²) in [4.78, 5) is 15.4. The van der Waals surface area contributed by atoms with E-state index in [0.717, 1.165) is 16.3 Å². The molecule has 0 aliphatic carbocycles. The zero-order chi connectivity index (χ0) is 11.7. The number of fused-ring (bicyclic) bond motifs is 1. The van der Waals surface area contributed by atoms with Gasteiger partial charge in [0, 0.05) is 17.6 Å². The van der Waals surface area contributed by atoms with Gasteiger partial charge in [0.1, 0.15) is 4.91 Å². The Kier molecular flexibility index (Phi) is 2.92. The van der Waals surface area contributed by atoms with Crippen LogP contribution in [0.2, 0.25) is 0 Å². The van der Waals surface area contributed by atoms with Crippen LogP contribution in [0, 0.1) is 0 Å². The molecule has 0 radical (unpaired) electrons. The van der Waals surface area contributed by atoms with Crippen molar-refractivity contribution in [2.75, 3.05) is 19.1 Å². The van der Waals surface area contributed by atoms with Crippen LogP contribution in [0.4, 0.5) is 5.69 Å². The summed E-state index contributed by atoms with van der Waals surface area (Å²) in [6.07, 6.45) is 0. The van der Waals surface area contributed by atoms with Crippen LogP contribution < -0.4 is 4.90 Å². The summed E-state index contributed by atoms with van der Waals surface area (Å²) < 4.78 is 4.78. The van der Waals surface area contributed by atoms with Crippen molar-refractivity contribution in [2.24, 2.45) is 0 Å². The SMILES string of the molecule is COC(=O)C1=C(C)N(C)c2ccccc2S1. The smallest absolute Gasteiger partial charge is 0.346 e. The molecule has 0 spiro atoms. The zero-order valence-corrected chi connectivity index (χ0v) is 10.3. The van der Waals surface area contributed by atoms with Crippen LogP contribution in [0.25, 0.3) is 0 Å². The molecule has 0 N–H and O–H groups in total. The van der Waals surface area contributed by atoms with Gasteiger partial charge < -0.3 is 9.64 Å². The van der Waals surface area contributed by atoms with E-state index in [0.29, 0.717) is 4.91 Å². The Bertz CT molecular complexity index is 468. The zero-order valence-electron chi connectivity index (χ0n) is 9.48. The lowest BCUT2D eigenvalue weighted by molar-refractivity contribution is -0.135. The third kappa shape index (κ3) is 1.69. The molecule has 2 rings (SSSR count). The first-order valence-corrected chi connectivity index (χ1v) is 5.76. The molecule has 16 heavy (non-hydrogen) atoms. The number of carbonyl (C=O) groups is 1. The number of benzene rings is 1. The molecule has 4 heteroatoms. The summed E-state index contributed by atoms with van der Waals surface area (Å²) in [5.41, 5.74) is 2.05. The molecule has 1 aliphatic rings. The van der Waals surface area contributed by atoms with Gasteiger partial charge >= 0.3 is 5.97 Å². The number of hydrogen-bond donors (Lipinski definition) is 0. The molecule has 0 atom stereocenters. The fraction of sp³-hybridized carbons (Fsp3) is 0.250. The summed E-state index contributed by atoms with van der Waals surface area (Å²) >= 11 is 1.46. The Morgan fingerprint density at radius 1 is 1.38 bits per heavy atom. The number of ether oxygens (including phenoxy) is 1. The molecule has 1 aromatic rings. The fourth-order valence-electron chi connectivity index (χ4n) is 1.62. The highest BCUT2D eigenvalue weighted by Crippen LogP contribution is 2.42. The van der Waals surface area contributed by atoms with Gasteiger partial charge in [0.2, 0.25) is 0 Å². The molecule has 1 heterocycles. The van der Waals surface area contributed by atoms with Crippen molar-refractivity contribution < 1.29 is 9.53 Å². The molecule has 1 aromatic carbocycles. The lowest BCUT2D eigenvalue weighted by Gasteiger charge is -2.29. The Morgan fingerprint density at radius 2 is 2.06 bits per heavy atom. The molecule has 84 valence electrons. The maximum absolute atomic E-state index is 11.6. The summed E-state index contributed by atoms with van der Waals surface area (Å²) in [6, 6.07) is 8.01. The van der Waals surface area contributed by atoms with Crippen molar-refractivity contribution in [3.05, 3.63) is 34.9 Å². The molecule has 0 fully saturated rings. The third-order valence-corrected chi connectivity index (χ3v) is 3.87. The molecule has 0 bridgehead atoms. The molecule has 0 aromatic heterocycles. The number of nitrogens with zero attached hydrogens (tertiary/aromatic N) is 1. The van der Waals surface area contributed by atoms with Crippen molar-refractivity contribution in [1.29, 1.82) is 0 Å². The highest BCUT2D eigenvalue weighted by molar-refractivity contribution is 8.04. The van der Waals surface area contributed by atoms with Gasteiger partial charge in [0.25, 0.3) is 0 Å². The number of para-hydroxylation sites is 1. The van der Waals surface area contributed by atoms with Crippen molar-refractivity contribution in [2.45, 2.75) is 11.8 Å². The van der Waals surface area contributed by atoms with E-state index in [2.05, 4.69) is 0 Å². The molecule has 1 aliphatic heterocycles. The fourth-order valence-corrected chi connectivity index (χ4v) is 2.75. The van der Waals surface area contributed by atoms with E-state index < -0.39 is 0 Å². The van der Waals surface area contributed by atoms with Gasteiger partial charge in [-0.05, 0) is 19.1 Å². The lowest BCUT2D eigenvalue weighted by Crippen LogP contribution is -2.22. The van der Waals surface area contributed by atoms with Crippen molar-refractivity contribution >= 4 is 23.4 Å². The van der Waals surface area contributed by atoms with E-state index in [4.69, 9.17) is 4.74 Å². The van der Waals surface area contributed by atoms with Gasteiger partial charge in [-0.2, -0.15) is 0 Å². The van der Waals surface area contributed by atoms with Gasteiger partial charge in [-0.15, -0.1) is 0 Å². The first-order valence-electron chi connectivity index (χ1n) is 4.95. The minimum absolute atomic E-state index is 0.274. The molecule has 0 saturated carbocycles. The average Bonchev–Trinajstić information content (AvgIpc) is 2.33. The maximum Gasteiger partial charge on any atom is 0.346 e. The third-order valence-electron chi connectivity index (χ3n) is 2.64. The van der Waals surface area contributed by atoms with Gasteiger partial charge in [0.05, 0.1) is 12.8 Å². The van der Waals surface area contributed by atoms with Crippen molar-refractivity contribution in [3.63, 3.8) is 0 Å². The number of rotatable bonds is 1.